The molecule has 3 N–H and O–H groups in total. The molecule has 0 spiro atoms. The van der Waals surface area contributed by atoms with Crippen molar-refractivity contribution in [1.82, 2.24) is 19.6 Å². The van der Waals surface area contributed by atoms with Crippen LogP contribution in [0.1, 0.15) is 5.82 Å². The van der Waals surface area contributed by atoms with Crippen LogP contribution in [-0.4, -0.2) is 19.6 Å². The van der Waals surface area contributed by atoms with E-state index in [0.717, 1.165) is 0 Å². The summed E-state index contributed by atoms with van der Waals surface area (Å²) in [5, 5.41) is 7.42. The van der Waals surface area contributed by atoms with Crippen LogP contribution in [0.5, 0.6) is 0 Å². The van der Waals surface area contributed by atoms with Gasteiger partial charge in [0, 0.05) is 12.4 Å². The number of aromatic nitrogens is 4. The average molecular weight is 165 g/mol. The van der Waals surface area contributed by atoms with Gasteiger partial charge in [-0.15, -0.1) is 10.2 Å². The van der Waals surface area contributed by atoms with Gasteiger partial charge in [0.25, 0.3) is 5.56 Å². The van der Waals surface area contributed by atoms with E-state index in [1.54, 1.807) is 10.6 Å². The van der Waals surface area contributed by atoms with Crippen LogP contribution in [0.3, 0.4) is 0 Å². The van der Waals surface area contributed by atoms with Crippen LogP contribution in [0, 0.1) is 0 Å². The smallest absolute Gasteiger partial charge is 0.293 e. The number of rotatable bonds is 1. The molecular formula is C6H7N5O. The van der Waals surface area contributed by atoms with Crippen molar-refractivity contribution in [2.75, 3.05) is 0 Å². The summed E-state index contributed by atoms with van der Waals surface area (Å²) in [7, 11) is 0. The first-order valence-corrected chi connectivity index (χ1v) is 3.44. The molecule has 0 aliphatic carbocycles. The summed E-state index contributed by atoms with van der Waals surface area (Å²) in [6.45, 7) is 0.268. The molecule has 6 heteroatoms. The monoisotopic (exact) mass is 165 g/mol. The molecule has 0 radical (unpaired) electrons. The first-order chi connectivity index (χ1) is 5.83. The Morgan fingerprint density at radius 2 is 2.42 bits per heavy atom. The van der Waals surface area contributed by atoms with Crippen molar-refractivity contribution < 1.29 is 0 Å². The Hall–Kier alpha value is -1.69. The Labute approximate surface area is 67.0 Å². The summed E-state index contributed by atoms with van der Waals surface area (Å²) in [6.07, 6.45) is 3.19. The number of aromatic amines is 1. The summed E-state index contributed by atoms with van der Waals surface area (Å²) in [6, 6.07) is 0. The summed E-state index contributed by atoms with van der Waals surface area (Å²) in [5.74, 6) is 0.580. The third-order valence-corrected chi connectivity index (χ3v) is 1.59. The molecule has 0 aromatic carbocycles. The van der Waals surface area contributed by atoms with Crippen LogP contribution < -0.4 is 11.3 Å². The Bertz CT molecular complexity index is 456. The van der Waals surface area contributed by atoms with Gasteiger partial charge in [0.1, 0.15) is 0 Å². The molecule has 2 aromatic heterocycles. The van der Waals surface area contributed by atoms with Gasteiger partial charge in [-0.2, -0.15) is 0 Å². The molecule has 0 saturated heterocycles. The topological polar surface area (TPSA) is 89.1 Å². The summed E-state index contributed by atoms with van der Waals surface area (Å²) >= 11 is 0. The van der Waals surface area contributed by atoms with Crippen molar-refractivity contribution in [2.45, 2.75) is 6.54 Å². The highest BCUT2D eigenvalue weighted by atomic mass is 16.1. The fraction of sp³-hybridized carbons (Fsp3) is 0.167. The van der Waals surface area contributed by atoms with E-state index in [1.165, 1.54) is 6.20 Å². The Kier molecular flexibility index (Phi) is 1.41. The molecule has 0 aliphatic heterocycles. The second kappa shape index (κ2) is 2.42. The fourth-order valence-electron chi connectivity index (χ4n) is 1.03. The quantitative estimate of drug-likeness (QED) is 0.560. The number of hydrogen-bond acceptors (Lipinski definition) is 4. The van der Waals surface area contributed by atoms with Gasteiger partial charge in [-0.05, 0) is 0 Å². The van der Waals surface area contributed by atoms with E-state index in [-0.39, 0.29) is 17.8 Å². The predicted octanol–water partition coefficient (Wildman–Crippen LogP) is -1.12. The average Bonchev–Trinajstić information content (AvgIpc) is 2.49. The molecule has 2 heterocycles. The van der Waals surface area contributed by atoms with Gasteiger partial charge >= 0.3 is 0 Å². The number of nitrogens with two attached hydrogens (primary N) is 1. The zero-order valence-electron chi connectivity index (χ0n) is 6.19. The van der Waals surface area contributed by atoms with E-state index in [1.807, 2.05) is 0 Å². The van der Waals surface area contributed by atoms with E-state index in [9.17, 15) is 4.79 Å². The molecule has 62 valence electrons. The predicted molar refractivity (Wildman–Crippen MR) is 41.5 cm³/mol. The van der Waals surface area contributed by atoms with Crippen molar-refractivity contribution in [2.24, 2.45) is 5.73 Å². The lowest BCUT2D eigenvalue weighted by molar-refractivity contribution is 0.879. The third kappa shape index (κ3) is 0.817. The number of H-pyrrole nitrogens is 1. The maximum absolute atomic E-state index is 11.1. The molecule has 0 saturated carbocycles. The van der Waals surface area contributed by atoms with Crippen molar-refractivity contribution in [1.29, 1.82) is 0 Å². The van der Waals surface area contributed by atoms with Crippen LogP contribution in [-0.2, 0) is 6.54 Å². The molecule has 0 amide bonds. The van der Waals surface area contributed by atoms with Crippen LogP contribution in [0.2, 0.25) is 0 Å². The number of hydrogen-bond donors (Lipinski definition) is 2. The lowest BCUT2D eigenvalue weighted by Crippen LogP contribution is -2.10. The maximum Gasteiger partial charge on any atom is 0.293 e. The molecule has 2 rings (SSSR count). The van der Waals surface area contributed by atoms with Crippen LogP contribution >= 0.6 is 0 Å². The van der Waals surface area contributed by atoms with E-state index in [2.05, 4.69) is 15.2 Å². The largest absolute Gasteiger partial charge is 0.324 e. The Morgan fingerprint density at radius 1 is 1.58 bits per heavy atom. The zero-order chi connectivity index (χ0) is 8.55. The van der Waals surface area contributed by atoms with Crippen molar-refractivity contribution in [3.63, 3.8) is 0 Å². The van der Waals surface area contributed by atoms with Gasteiger partial charge in [-0.25, -0.2) is 0 Å². The first-order valence-electron chi connectivity index (χ1n) is 3.44. The second-order valence-corrected chi connectivity index (χ2v) is 2.30. The first kappa shape index (κ1) is 6.99. The van der Waals surface area contributed by atoms with Gasteiger partial charge < -0.3 is 10.7 Å². The van der Waals surface area contributed by atoms with E-state index >= 15 is 0 Å². The summed E-state index contributed by atoms with van der Waals surface area (Å²) in [4.78, 5) is 13.6. The Morgan fingerprint density at radius 3 is 3.17 bits per heavy atom. The Balaban J connectivity index is 2.89. The molecule has 12 heavy (non-hydrogen) atoms. The number of nitrogens with zero attached hydrogens (tertiary/aromatic N) is 3. The van der Waals surface area contributed by atoms with Gasteiger partial charge in [0.2, 0.25) is 5.65 Å². The van der Waals surface area contributed by atoms with Crippen LogP contribution in [0.15, 0.2) is 17.2 Å². The summed E-state index contributed by atoms with van der Waals surface area (Å²) in [5.41, 5.74) is 5.39. The SMILES string of the molecule is NCc1nnc2c(=O)[nH]ccn12. The highest BCUT2D eigenvalue weighted by molar-refractivity contribution is 5.33. The van der Waals surface area contributed by atoms with E-state index in [0.29, 0.717) is 5.82 Å². The highest BCUT2D eigenvalue weighted by Crippen LogP contribution is 1.94. The van der Waals surface area contributed by atoms with Crippen molar-refractivity contribution in [3.8, 4) is 0 Å². The number of fused-ring (bicyclic) bond motifs is 1. The molecule has 0 fully saturated rings. The van der Waals surface area contributed by atoms with Crippen LogP contribution in [0.25, 0.3) is 5.65 Å². The molecule has 0 unspecified atom stereocenters. The molecule has 6 nitrogen and oxygen atoms in total. The van der Waals surface area contributed by atoms with Crippen molar-refractivity contribution >= 4 is 5.65 Å². The fourth-order valence-corrected chi connectivity index (χ4v) is 1.03. The molecule has 0 aliphatic rings. The second-order valence-electron chi connectivity index (χ2n) is 2.30. The normalized spacial score (nSPS) is 10.8. The minimum absolute atomic E-state index is 0.260. The molecular weight excluding hydrogens is 158 g/mol. The minimum atomic E-state index is -0.260. The molecule has 0 bridgehead atoms. The highest BCUT2D eigenvalue weighted by Gasteiger charge is 2.04. The lowest BCUT2D eigenvalue weighted by atomic mass is 10.6. The van der Waals surface area contributed by atoms with E-state index < -0.39 is 0 Å². The lowest BCUT2D eigenvalue weighted by Gasteiger charge is -1.92. The minimum Gasteiger partial charge on any atom is -0.324 e. The standard InChI is InChI=1S/C6H7N5O/c7-3-4-9-10-5-6(12)8-1-2-11(4)5/h1-2H,3,7H2,(H,8,12). The molecule has 2 aromatic rings. The zero-order valence-corrected chi connectivity index (χ0v) is 6.19. The van der Waals surface area contributed by atoms with Gasteiger partial charge in [-0.1, -0.05) is 0 Å². The number of nitrogens with one attached hydrogen (secondary N) is 1. The molecule has 0 atom stereocenters. The third-order valence-electron chi connectivity index (χ3n) is 1.59. The summed E-state index contributed by atoms with van der Waals surface area (Å²) < 4.78 is 1.57. The maximum atomic E-state index is 11.1. The van der Waals surface area contributed by atoms with Gasteiger partial charge in [-0.3, -0.25) is 9.20 Å². The van der Waals surface area contributed by atoms with E-state index in [4.69, 9.17) is 5.73 Å². The van der Waals surface area contributed by atoms with Crippen LogP contribution in [0.4, 0.5) is 0 Å². The van der Waals surface area contributed by atoms with Gasteiger partial charge in [0.05, 0.1) is 6.54 Å². The van der Waals surface area contributed by atoms with Crippen molar-refractivity contribution in [3.05, 3.63) is 28.6 Å². The van der Waals surface area contributed by atoms with Gasteiger partial charge in [0.15, 0.2) is 5.82 Å².